The molecular weight excluding hydrogens is 605 g/mol. The number of nitrogens with one attached hydrogen (secondary N) is 3. The number of hydrogen-bond acceptors (Lipinski definition) is 8. The highest BCUT2D eigenvalue weighted by Crippen LogP contribution is 2.32. The van der Waals surface area contributed by atoms with E-state index >= 15 is 4.39 Å². The van der Waals surface area contributed by atoms with Crippen molar-refractivity contribution in [1.29, 1.82) is 0 Å². The predicted octanol–water partition coefficient (Wildman–Crippen LogP) is 3.89. The molecule has 47 heavy (non-hydrogen) atoms. The summed E-state index contributed by atoms with van der Waals surface area (Å²) in [5.74, 6) is -2.41. The standard InChI is InChI=1S/C34H50FN7O5/c1-7-26-31(40-47-39-26)33(45)38-30(23-12-10-20(4)11-13-23)32(44)36-27-15-14-24(18-25(27)35)22(6)29(37-28(43)8-2)34(46)42-17-16-41(9-3)21(5)19-42/h14-15,18,20-23,29-30H,7-13,16-17,19H2,1-6H3,(H,36,44)(H,37,43)(H,38,45)/t20?,21-,22-,23?,29+,30-/m0/s1. The number of carbonyl (C=O) groups is 4. The molecule has 2 aliphatic rings. The lowest BCUT2D eigenvalue weighted by Crippen LogP contribution is -2.58. The lowest BCUT2D eigenvalue weighted by atomic mass is 9.79. The summed E-state index contributed by atoms with van der Waals surface area (Å²) in [6.07, 6.45) is 3.95. The summed E-state index contributed by atoms with van der Waals surface area (Å²) in [6, 6.07) is 2.79. The maximum absolute atomic E-state index is 15.7. The van der Waals surface area contributed by atoms with Crippen molar-refractivity contribution in [2.75, 3.05) is 31.5 Å². The maximum Gasteiger partial charge on any atom is 0.276 e. The van der Waals surface area contributed by atoms with E-state index < -0.39 is 35.6 Å². The second-order valence-corrected chi connectivity index (χ2v) is 13.1. The van der Waals surface area contributed by atoms with Gasteiger partial charge in [0.15, 0.2) is 5.69 Å². The SMILES string of the molecule is CCC(=O)N[C@@H](C(=O)N1CCN(CC)[C@@H](C)C1)[C@@H](C)c1ccc(NC(=O)[C@@H](NC(=O)c2nonc2CC)C2CCC(C)CC2)c(F)c1. The monoisotopic (exact) mass is 655 g/mol. The van der Waals surface area contributed by atoms with Gasteiger partial charge in [-0.15, -0.1) is 0 Å². The van der Waals surface area contributed by atoms with Gasteiger partial charge < -0.3 is 20.9 Å². The van der Waals surface area contributed by atoms with Gasteiger partial charge in [-0.05, 0) is 67.4 Å². The van der Waals surface area contributed by atoms with E-state index in [0.717, 1.165) is 38.8 Å². The smallest absolute Gasteiger partial charge is 0.276 e. The van der Waals surface area contributed by atoms with E-state index in [4.69, 9.17) is 4.63 Å². The Morgan fingerprint density at radius 3 is 2.36 bits per heavy atom. The number of hydrogen-bond donors (Lipinski definition) is 3. The molecule has 13 heteroatoms. The third-order valence-corrected chi connectivity index (χ3v) is 9.87. The van der Waals surface area contributed by atoms with Crippen LogP contribution in [0, 0.1) is 17.7 Å². The van der Waals surface area contributed by atoms with Gasteiger partial charge in [0.25, 0.3) is 5.91 Å². The summed E-state index contributed by atoms with van der Waals surface area (Å²) < 4.78 is 20.4. The fourth-order valence-electron chi connectivity index (χ4n) is 6.69. The van der Waals surface area contributed by atoms with Crippen LogP contribution in [0.5, 0.6) is 0 Å². The van der Waals surface area contributed by atoms with Gasteiger partial charge in [0.05, 0.1) is 5.69 Å². The van der Waals surface area contributed by atoms with Gasteiger partial charge in [-0.1, -0.05) is 58.7 Å². The van der Waals surface area contributed by atoms with Gasteiger partial charge in [0, 0.05) is 38.0 Å². The molecule has 0 spiro atoms. The van der Waals surface area contributed by atoms with Gasteiger partial charge in [-0.2, -0.15) is 0 Å². The molecule has 4 amide bonds. The van der Waals surface area contributed by atoms with E-state index in [1.807, 2.05) is 6.92 Å². The molecule has 2 heterocycles. The molecule has 1 aliphatic heterocycles. The Labute approximate surface area is 276 Å². The molecule has 1 aromatic heterocycles. The second kappa shape index (κ2) is 16.3. The van der Waals surface area contributed by atoms with Crippen LogP contribution in [0.25, 0.3) is 0 Å². The minimum atomic E-state index is -0.920. The van der Waals surface area contributed by atoms with Crippen LogP contribution in [-0.4, -0.2) is 88.0 Å². The van der Waals surface area contributed by atoms with Crippen molar-refractivity contribution in [3.05, 3.63) is 41.0 Å². The average molecular weight is 656 g/mol. The molecule has 1 aromatic carbocycles. The van der Waals surface area contributed by atoms with E-state index in [1.165, 1.54) is 12.1 Å². The van der Waals surface area contributed by atoms with Crippen LogP contribution in [0.4, 0.5) is 10.1 Å². The molecule has 258 valence electrons. The zero-order chi connectivity index (χ0) is 34.2. The summed E-state index contributed by atoms with van der Waals surface area (Å²) >= 11 is 0. The largest absolute Gasteiger partial charge is 0.344 e. The number of rotatable bonds is 12. The maximum atomic E-state index is 15.7. The van der Waals surface area contributed by atoms with Crippen molar-refractivity contribution >= 4 is 29.3 Å². The van der Waals surface area contributed by atoms with Crippen LogP contribution in [-0.2, 0) is 20.8 Å². The third-order valence-electron chi connectivity index (χ3n) is 9.87. The Bertz CT molecular complexity index is 1410. The normalized spacial score (nSPS) is 22.2. The Kier molecular flexibility index (Phi) is 12.5. The van der Waals surface area contributed by atoms with Crippen LogP contribution in [0.3, 0.4) is 0 Å². The van der Waals surface area contributed by atoms with Gasteiger partial charge in [-0.25, -0.2) is 9.02 Å². The molecule has 0 bridgehead atoms. The van der Waals surface area contributed by atoms with Gasteiger partial charge in [-0.3, -0.25) is 24.1 Å². The molecule has 1 saturated heterocycles. The first-order chi connectivity index (χ1) is 22.5. The predicted molar refractivity (Wildman–Crippen MR) is 175 cm³/mol. The molecule has 12 nitrogen and oxygen atoms in total. The van der Waals surface area contributed by atoms with E-state index in [2.05, 4.69) is 51.9 Å². The average Bonchev–Trinajstić information content (AvgIpc) is 3.56. The molecule has 2 aromatic rings. The Morgan fingerprint density at radius 1 is 1.02 bits per heavy atom. The van der Waals surface area contributed by atoms with Crippen molar-refractivity contribution in [3.8, 4) is 0 Å². The molecule has 0 unspecified atom stereocenters. The lowest BCUT2D eigenvalue weighted by molar-refractivity contribution is -0.139. The highest BCUT2D eigenvalue weighted by molar-refractivity contribution is 6.01. The fourth-order valence-corrected chi connectivity index (χ4v) is 6.69. The van der Waals surface area contributed by atoms with Gasteiger partial charge in [0.2, 0.25) is 17.7 Å². The highest BCUT2D eigenvalue weighted by atomic mass is 19.1. The van der Waals surface area contributed by atoms with Crippen LogP contribution in [0.2, 0.25) is 0 Å². The van der Waals surface area contributed by atoms with Crippen LogP contribution >= 0.6 is 0 Å². The second-order valence-electron chi connectivity index (χ2n) is 13.1. The Hall–Kier alpha value is -3.87. The molecular formula is C34H50FN7O5. The first-order valence-electron chi connectivity index (χ1n) is 17.0. The first-order valence-corrected chi connectivity index (χ1v) is 17.0. The minimum Gasteiger partial charge on any atom is -0.344 e. The van der Waals surface area contributed by atoms with Crippen LogP contribution in [0.15, 0.2) is 22.8 Å². The van der Waals surface area contributed by atoms with Crippen molar-refractivity contribution in [2.24, 2.45) is 11.8 Å². The summed E-state index contributed by atoms with van der Waals surface area (Å²) in [6.45, 7) is 14.4. The summed E-state index contributed by atoms with van der Waals surface area (Å²) in [5, 5.41) is 15.9. The van der Waals surface area contributed by atoms with Crippen molar-refractivity contribution in [3.63, 3.8) is 0 Å². The van der Waals surface area contributed by atoms with Crippen LogP contribution in [0.1, 0.15) is 101 Å². The molecule has 3 N–H and O–H groups in total. The number of aryl methyl sites for hydroxylation is 1. The third kappa shape index (κ3) is 8.74. The zero-order valence-electron chi connectivity index (χ0n) is 28.5. The molecule has 2 fully saturated rings. The minimum absolute atomic E-state index is 0.0277. The number of amides is 4. The number of aromatic nitrogens is 2. The molecule has 4 rings (SSSR count). The number of halogens is 1. The van der Waals surface area contributed by atoms with E-state index in [1.54, 1.807) is 24.8 Å². The fraction of sp³-hybridized carbons (Fsp3) is 0.647. The molecule has 0 radical (unpaired) electrons. The highest BCUT2D eigenvalue weighted by Gasteiger charge is 2.36. The number of piperazine rings is 1. The van der Waals surface area contributed by atoms with E-state index in [-0.39, 0.29) is 41.6 Å². The summed E-state index contributed by atoms with van der Waals surface area (Å²) in [7, 11) is 0. The zero-order valence-corrected chi connectivity index (χ0v) is 28.5. The summed E-state index contributed by atoms with van der Waals surface area (Å²) in [4.78, 5) is 57.1. The van der Waals surface area contributed by atoms with E-state index in [0.29, 0.717) is 36.7 Å². The van der Waals surface area contributed by atoms with Gasteiger partial charge >= 0.3 is 0 Å². The number of carbonyl (C=O) groups excluding carboxylic acids is 4. The van der Waals surface area contributed by atoms with Crippen molar-refractivity contribution in [1.82, 2.24) is 30.7 Å². The van der Waals surface area contributed by atoms with Crippen molar-refractivity contribution in [2.45, 2.75) is 104 Å². The van der Waals surface area contributed by atoms with Crippen LogP contribution < -0.4 is 16.0 Å². The molecule has 1 aliphatic carbocycles. The summed E-state index contributed by atoms with van der Waals surface area (Å²) in [5.41, 5.74) is 0.878. The number of benzene rings is 1. The lowest BCUT2D eigenvalue weighted by Gasteiger charge is -2.41. The van der Waals surface area contributed by atoms with E-state index in [9.17, 15) is 19.2 Å². The number of likely N-dealkylation sites (N-methyl/N-ethyl adjacent to an activating group) is 1. The Morgan fingerprint density at radius 2 is 1.74 bits per heavy atom. The number of nitrogens with zero attached hydrogens (tertiary/aromatic N) is 4. The van der Waals surface area contributed by atoms with Gasteiger partial charge in [0.1, 0.15) is 23.6 Å². The van der Waals surface area contributed by atoms with Crippen molar-refractivity contribution < 1.29 is 28.2 Å². The topological polar surface area (TPSA) is 150 Å². The molecule has 1 saturated carbocycles. The quantitative estimate of drug-likeness (QED) is 0.312. The number of anilines is 1. The molecule has 4 atom stereocenters. The Balaban J connectivity index is 1.52. The first kappa shape index (κ1) is 36.0.